The minimum absolute atomic E-state index is 0.0992. The van der Waals surface area contributed by atoms with Gasteiger partial charge < -0.3 is 9.87 Å². The Bertz CT molecular complexity index is 717. The standard InChI is InChI=1S/C15H18N4O3S/c20-14(8-11-4-2-1-3-5-11)16-15-12-9-19(10-23(21)22)7-6-13(12)17-18-15/h1-5H,6-10H2,(H,21,22)(H2,16,17,18,20). The van der Waals surface area contributed by atoms with E-state index in [1.807, 2.05) is 35.2 Å². The zero-order chi connectivity index (χ0) is 16.2. The SMILES string of the molecule is O=C(Cc1ccccc1)Nc1n[nH]c2c1CN(CS(=O)O)CC2. The molecule has 2 aromatic rings. The summed E-state index contributed by atoms with van der Waals surface area (Å²) in [6, 6.07) is 9.50. The molecule has 1 unspecified atom stereocenters. The number of nitrogens with zero attached hydrogens (tertiary/aromatic N) is 2. The van der Waals surface area contributed by atoms with Crippen LogP contribution in [0.5, 0.6) is 0 Å². The summed E-state index contributed by atoms with van der Waals surface area (Å²) >= 11 is -1.86. The number of anilines is 1. The summed E-state index contributed by atoms with van der Waals surface area (Å²) in [6.07, 6.45) is 1.00. The van der Waals surface area contributed by atoms with E-state index in [1.54, 1.807) is 0 Å². The van der Waals surface area contributed by atoms with Crippen LogP contribution in [0.1, 0.15) is 16.8 Å². The Kier molecular flexibility index (Phi) is 4.85. The van der Waals surface area contributed by atoms with Crippen LogP contribution in [-0.4, -0.2) is 42.2 Å². The van der Waals surface area contributed by atoms with E-state index in [0.29, 0.717) is 25.3 Å². The third kappa shape index (κ3) is 4.04. The van der Waals surface area contributed by atoms with Gasteiger partial charge in [0, 0.05) is 30.8 Å². The first-order valence-electron chi connectivity index (χ1n) is 7.31. The first-order chi connectivity index (χ1) is 11.1. The van der Waals surface area contributed by atoms with Gasteiger partial charge in [0.05, 0.1) is 6.42 Å². The quantitative estimate of drug-likeness (QED) is 0.712. The lowest BCUT2D eigenvalue weighted by Crippen LogP contribution is -2.33. The first kappa shape index (κ1) is 15.9. The van der Waals surface area contributed by atoms with Gasteiger partial charge in [0.1, 0.15) is 5.88 Å². The maximum Gasteiger partial charge on any atom is 0.230 e. The summed E-state index contributed by atoms with van der Waals surface area (Å²) in [6.45, 7) is 1.19. The highest BCUT2D eigenvalue weighted by Crippen LogP contribution is 2.24. The molecular weight excluding hydrogens is 316 g/mol. The van der Waals surface area contributed by atoms with Crippen LogP contribution in [0.3, 0.4) is 0 Å². The molecule has 1 aliphatic heterocycles. The molecule has 0 radical (unpaired) electrons. The van der Waals surface area contributed by atoms with Crippen LogP contribution in [0, 0.1) is 0 Å². The van der Waals surface area contributed by atoms with Gasteiger partial charge in [-0.3, -0.25) is 14.8 Å². The van der Waals surface area contributed by atoms with Crippen LogP contribution < -0.4 is 5.32 Å². The number of amides is 1. The van der Waals surface area contributed by atoms with Gasteiger partial charge in [-0.15, -0.1) is 0 Å². The molecule has 2 heterocycles. The van der Waals surface area contributed by atoms with Crippen molar-refractivity contribution in [3.63, 3.8) is 0 Å². The smallest absolute Gasteiger partial charge is 0.230 e. The third-order valence-electron chi connectivity index (χ3n) is 3.77. The number of benzene rings is 1. The average molecular weight is 334 g/mol. The third-order valence-corrected chi connectivity index (χ3v) is 4.36. The van der Waals surface area contributed by atoms with Gasteiger partial charge in [0.25, 0.3) is 0 Å². The van der Waals surface area contributed by atoms with Gasteiger partial charge in [0.2, 0.25) is 5.91 Å². The predicted octanol–water partition coefficient (Wildman–Crippen LogP) is 1.13. The van der Waals surface area contributed by atoms with Crippen LogP contribution in [0.25, 0.3) is 0 Å². The van der Waals surface area contributed by atoms with Gasteiger partial charge in [-0.1, -0.05) is 30.3 Å². The lowest BCUT2D eigenvalue weighted by atomic mass is 10.1. The number of carbonyl (C=O) groups is 1. The zero-order valence-electron chi connectivity index (χ0n) is 12.5. The molecule has 0 fully saturated rings. The predicted molar refractivity (Wildman–Crippen MR) is 87.1 cm³/mol. The van der Waals surface area contributed by atoms with E-state index in [1.165, 1.54) is 0 Å². The van der Waals surface area contributed by atoms with E-state index >= 15 is 0 Å². The van der Waals surface area contributed by atoms with Crippen molar-refractivity contribution >= 4 is 22.8 Å². The maximum atomic E-state index is 12.2. The van der Waals surface area contributed by atoms with Crippen molar-refractivity contribution in [3.8, 4) is 0 Å². The number of fused-ring (bicyclic) bond motifs is 1. The van der Waals surface area contributed by atoms with E-state index in [2.05, 4.69) is 15.5 Å². The van der Waals surface area contributed by atoms with Crippen molar-refractivity contribution < 1.29 is 13.6 Å². The molecule has 1 atom stereocenters. The Morgan fingerprint density at radius 3 is 2.91 bits per heavy atom. The summed E-state index contributed by atoms with van der Waals surface area (Å²) in [5.74, 6) is 0.477. The normalized spacial score (nSPS) is 15.9. The monoisotopic (exact) mass is 334 g/mol. The second kappa shape index (κ2) is 7.03. The Morgan fingerprint density at radius 1 is 1.39 bits per heavy atom. The molecular formula is C15H18N4O3S. The van der Waals surface area contributed by atoms with Gasteiger partial charge in [0.15, 0.2) is 16.9 Å². The molecule has 3 N–H and O–H groups in total. The molecule has 1 aromatic heterocycles. The Hall–Kier alpha value is -2.03. The van der Waals surface area contributed by atoms with Crippen LogP contribution in [-0.2, 0) is 35.3 Å². The Labute approximate surface area is 136 Å². The summed E-state index contributed by atoms with van der Waals surface area (Å²) in [5.41, 5.74) is 2.80. The second-order valence-corrected chi connectivity index (χ2v) is 6.39. The lowest BCUT2D eigenvalue weighted by Gasteiger charge is -2.25. The molecule has 0 spiro atoms. The number of H-pyrrole nitrogens is 1. The topological polar surface area (TPSA) is 98.3 Å². The summed E-state index contributed by atoms with van der Waals surface area (Å²) in [5, 5.41) is 9.94. The highest BCUT2D eigenvalue weighted by molar-refractivity contribution is 7.79. The largest absolute Gasteiger partial charge is 0.309 e. The van der Waals surface area contributed by atoms with Crippen molar-refractivity contribution in [1.29, 1.82) is 0 Å². The highest BCUT2D eigenvalue weighted by Gasteiger charge is 2.23. The number of rotatable bonds is 5. The van der Waals surface area contributed by atoms with Crippen molar-refractivity contribution in [3.05, 3.63) is 47.2 Å². The fourth-order valence-electron chi connectivity index (χ4n) is 2.68. The zero-order valence-corrected chi connectivity index (χ0v) is 13.3. The van der Waals surface area contributed by atoms with Crippen LogP contribution in [0.4, 0.5) is 5.82 Å². The van der Waals surface area contributed by atoms with Gasteiger partial charge in [-0.25, -0.2) is 4.21 Å². The van der Waals surface area contributed by atoms with E-state index in [9.17, 15) is 9.00 Å². The van der Waals surface area contributed by atoms with Gasteiger partial charge in [-0.2, -0.15) is 5.10 Å². The molecule has 3 rings (SSSR count). The number of hydrogen-bond acceptors (Lipinski definition) is 4. The molecule has 1 aromatic carbocycles. The van der Waals surface area contributed by atoms with Crippen LogP contribution >= 0.6 is 0 Å². The number of aromatic amines is 1. The van der Waals surface area contributed by atoms with Crippen molar-refractivity contribution in [1.82, 2.24) is 15.1 Å². The fraction of sp³-hybridized carbons (Fsp3) is 0.333. The molecule has 0 saturated carbocycles. The maximum absolute atomic E-state index is 12.2. The summed E-state index contributed by atoms with van der Waals surface area (Å²) < 4.78 is 20.0. The molecule has 0 saturated heterocycles. The number of hydrogen-bond donors (Lipinski definition) is 3. The molecule has 0 bridgehead atoms. The van der Waals surface area contributed by atoms with Crippen molar-refractivity contribution in [2.75, 3.05) is 17.7 Å². The second-order valence-electron chi connectivity index (χ2n) is 5.49. The molecule has 7 nitrogen and oxygen atoms in total. The molecule has 1 aliphatic rings. The van der Waals surface area contributed by atoms with Crippen molar-refractivity contribution in [2.24, 2.45) is 0 Å². The number of aromatic nitrogens is 2. The van der Waals surface area contributed by atoms with Gasteiger partial charge in [-0.05, 0) is 5.56 Å². The minimum Gasteiger partial charge on any atom is -0.309 e. The average Bonchev–Trinajstić information content (AvgIpc) is 2.90. The molecule has 8 heteroatoms. The number of carbonyl (C=O) groups excluding carboxylic acids is 1. The fourth-order valence-corrected chi connectivity index (χ4v) is 3.21. The van der Waals surface area contributed by atoms with Gasteiger partial charge >= 0.3 is 0 Å². The molecule has 0 aliphatic carbocycles. The number of nitrogens with one attached hydrogen (secondary N) is 2. The van der Waals surface area contributed by atoms with Crippen LogP contribution in [0.15, 0.2) is 30.3 Å². The van der Waals surface area contributed by atoms with Crippen LogP contribution in [0.2, 0.25) is 0 Å². The van der Waals surface area contributed by atoms with Crippen molar-refractivity contribution in [2.45, 2.75) is 19.4 Å². The van der Waals surface area contributed by atoms with E-state index in [-0.39, 0.29) is 18.2 Å². The Balaban J connectivity index is 1.67. The van der Waals surface area contributed by atoms with E-state index in [4.69, 9.17) is 4.55 Å². The molecule has 122 valence electrons. The summed E-state index contributed by atoms with van der Waals surface area (Å²) in [4.78, 5) is 14.0. The van der Waals surface area contributed by atoms with E-state index in [0.717, 1.165) is 16.8 Å². The minimum atomic E-state index is -1.86. The van der Waals surface area contributed by atoms with E-state index < -0.39 is 11.1 Å². The lowest BCUT2D eigenvalue weighted by molar-refractivity contribution is -0.115. The summed E-state index contributed by atoms with van der Waals surface area (Å²) in [7, 11) is 0. The highest BCUT2D eigenvalue weighted by atomic mass is 32.2. The molecule has 1 amide bonds. The molecule has 23 heavy (non-hydrogen) atoms. The Morgan fingerprint density at radius 2 is 2.17 bits per heavy atom. The first-order valence-corrected chi connectivity index (χ1v) is 8.59.